The van der Waals surface area contributed by atoms with Gasteiger partial charge in [-0.25, -0.2) is 13.2 Å². The summed E-state index contributed by atoms with van der Waals surface area (Å²) in [5.74, 6) is -0.249. The minimum absolute atomic E-state index is 0.0625. The van der Waals surface area contributed by atoms with Crippen molar-refractivity contribution >= 4 is 21.7 Å². The van der Waals surface area contributed by atoms with E-state index in [1.807, 2.05) is 4.90 Å². The van der Waals surface area contributed by atoms with Gasteiger partial charge in [0, 0.05) is 18.8 Å². The summed E-state index contributed by atoms with van der Waals surface area (Å²) in [6, 6.07) is 4.62. The van der Waals surface area contributed by atoms with E-state index in [0.29, 0.717) is 11.5 Å². The van der Waals surface area contributed by atoms with Gasteiger partial charge in [-0.1, -0.05) is 18.9 Å². The number of amides is 1. The lowest BCUT2D eigenvalue weighted by Gasteiger charge is -2.44. The van der Waals surface area contributed by atoms with Crippen molar-refractivity contribution in [1.29, 1.82) is 0 Å². The summed E-state index contributed by atoms with van der Waals surface area (Å²) in [6.45, 7) is 2.13. The Morgan fingerprint density at radius 3 is 2.59 bits per heavy atom. The molecule has 0 bridgehead atoms. The molecule has 1 aromatic carbocycles. The van der Waals surface area contributed by atoms with E-state index in [-0.39, 0.29) is 29.0 Å². The highest BCUT2D eigenvalue weighted by Crippen LogP contribution is 2.35. The third-order valence-electron chi connectivity index (χ3n) is 5.75. The predicted molar refractivity (Wildman–Crippen MR) is 101 cm³/mol. The van der Waals surface area contributed by atoms with Crippen LogP contribution in [0.25, 0.3) is 0 Å². The molecule has 1 saturated heterocycles. The van der Waals surface area contributed by atoms with Crippen LogP contribution in [0.1, 0.15) is 54.4 Å². The highest BCUT2D eigenvalue weighted by molar-refractivity contribution is 7.90. The molecular formula is C20H27NO5S. The van der Waals surface area contributed by atoms with Crippen LogP contribution in [0.15, 0.2) is 23.1 Å². The van der Waals surface area contributed by atoms with Gasteiger partial charge in [0.2, 0.25) is 0 Å². The summed E-state index contributed by atoms with van der Waals surface area (Å²) >= 11 is 0. The van der Waals surface area contributed by atoms with Crippen molar-refractivity contribution in [2.24, 2.45) is 5.92 Å². The molecular weight excluding hydrogens is 366 g/mol. The van der Waals surface area contributed by atoms with Gasteiger partial charge in [-0.05, 0) is 56.2 Å². The monoisotopic (exact) mass is 393 g/mol. The van der Waals surface area contributed by atoms with Crippen LogP contribution in [0.5, 0.6) is 0 Å². The molecule has 1 saturated carbocycles. The topological polar surface area (TPSA) is 80.7 Å². The van der Waals surface area contributed by atoms with E-state index in [1.165, 1.54) is 31.4 Å². The highest BCUT2D eigenvalue weighted by Gasteiger charge is 2.35. The Morgan fingerprint density at radius 2 is 1.85 bits per heavy atom. The van der Waals surface area contributed by atoms with Gasteiger partial charge in [-0.3, -0.25) is 4.79 Å². The van der Waals surface area contributed by atoms with E-state index in [4.69, 9.17) is 4.74 Å². The zero-order valence-electron chi connectivity index (χ0n) is 15.9. The molecule has 0 aromatic heterocycles. The number of likely N-dealkylation sites (tertiary alicyclic amines) is 1. The summed E-state index contributed by atoms with van der Waals surface area (Å²) < 4.78 is 28.7. The second-order valence-electron chi connectivity index (χ2n) is 7.67. The molecule has 7 heteroatoms. The Bertz CT molecular complexity index is 831. The maximum absolute atomic E-state index is 12.7. The fourth-order valence-electron chi connectivity index (χ4n) is 4.27. The first-order valence-corrected chi connectivity index (χ1v) is 11.4. The van der Waals surface area contributed by atoms with Gasteiger partial charge >= 0.3 is 5.97 Å². The number of rotatable bonds is 4. The number of nitrogens with zero attached hydrogens (tertiary/aromatic N) is 1. The van der Waals surface area contributed by atoms with Crippen molar-refractivity contribution in [3.8, 4) is 0 Å². The summed E-state index contributed by atoms with van der Waals surface area (Å²) in [6.07, 6.45) is 7.83. The van der Waals surface area contributed by atoms with E-state index in [0.717, 1.165) is 32.1 Å². The maximum atomic E-state index is 12.7. The Balaban J connectivity index is 1.66. The number of esters is 1. The van der Waals surface area contributed by atoms with E-state index >= 15 is 0 Å². The van der Waals surface area contributed by atoms with Gasteiger partial charge in [0.1, 0.15) is 0 Å². The first-order chi connectivity index (χ1) is 12.8. The number of fused-ring (bicyclic) bond motifs is 1. The van der Waals surface area contributed by atoms with Gasteiger partial charge < -0.3 is 9.64 Å². The molecule has 0 radical (unpaired) electrons. The second-order valence-corrected chi connectivity index (χ2v) is 9.68. The van der Waals surface area contributed by atoms with Crippen molar-refractivity contribution in [3.63, 3.8) is 0 Å². The van der Waals surface area contributed by atoms with Gasteiger partial charge in [0.05, 0.1) is 10.5 Å². The number of aryl methyl sites for hydroxylation is 1. The minimum atomic E-state index is -3.42. The summed E-state index contributed by atoms with van der Waals surface area (Å²) in [5.41, 5.74) is 0.796. The number of piperidine rings is 1. The third-order valence-corrected chi connectivity index (χ3v) is 6.86. The minimum Gasteiger partial charge on any atom is -0.452 e. The zero-order valence-corrected chi connectivity index (χ0v) is 16.8. The molecule has 1 aromatic rings. The number of hydrogen-bond donors (Lipinski definition) is 0. The normalized spacial score (nSPS) is 22.8. The Morgan fingerprint density at radius 1 is 1.15 bits per heavy atom. The molecule has 6 nitrogen and oxygen atoms in total. The average Bonchev–Trinajstić information content (AvgIpc) is 2.64. The third kappa shape index (κ3) is 4.51. The van der Waals surface area contributed by atoms with Gasteiger partial charge in [0.15, 0.2) is 16.4 Å². The standard InChI is InChI=1S/C20H27NO5S/c1-14-9-10-16(27(2,24)25)12-17(14)20(23)26-13-19(22)21-11-5-7-15-6-3-4-8-18(15)21/h9-10,12,15,18H,3-8,11,13H2,1-2H3. The molecule has 1 aliphatic heterocycles. The van der Waals surface area contributed by atoms with Gasteiger partial charge in [0.25, 0.3) is 5.91 Å². The molecule has 1 heterocycles. The number of sulfone groups is 1. The molecule has 148 valence electrons. The molecule has 2 aliphatic rings. The van der Waals surface area contributed by atoms with Crippen LogP contribution in [0.4, 0.5) is 0 Å². The van der Waals surface area contributed by atoms with E-state index in [1.54, 1.807) is 13.0 Å². The van der Waals surface area contributed by atoms with Crippen molar-refractivity contribution in [2.75, 3.05) is 19.4 Å². The number of hydrogen-bond acceptors (Lipinski definition) is 5. The first-order valence-electron chi connectivity index (χ1n) is 9.54. The molecule has 0 spiro atoms. The van der Waals surface area contributed by atoms with Crippen LogP contribution in [-0.4, -0.2) is 50.6 Å². The van der Waals surface area contributed by atoms with Crippen molar-refractivity contribution < 1.29 is 22.7 Å². The fraction of sp³-hybridized carbons (Fsp3) is 0.600. The second kappa shape index (κ2) is 8.00. The Labute approximate surface area is 160 Å². The van der Waals surface area contributed by atoms with Crippen LogP contribution in [0.2, 0.25) is 0 Å². The van der Waals surface area contributed by atoms with Crippen LogP contribution in [-0.2, 0) is 19.4 Å². The first kappa shape index (κ1) is 19.9. The molecule has 0 N–H and O–H groups in total. The number of ether oxygens (including phenoxy) is 1. The predicted octanol–water partition coefficient (Wildman–Crippen LogP) is 2.74. The quantitative estimate of drug-likeness (QED) is 0.735. The molecule has 1 aliphatic carbocycles. The molecule has 27 heavy (non-hydrogen) atoms. The summed E-state index contributed by atoms with van der Waals surface area (Å²) in [7, 11) is -3.42. The Kier molecular flexibility index (Phi) is 5.89. The van der Waals surface area contributed by atoms with Gasteiger partial charge in [-0.2, -0.15) is 0 Å². The van der Waals surface area contributed by atoms with Crippen molar-refractivity contribution in [3.05, 3.63) is 29.3 Å². The van der Waals surface area contributed by atoms with Crippen molar-refractivity contribution in [2.45, 2.75) is 56.4 Å². The van der Waals surface area contributed by atoms with Crippen LogP contribution >= 0.6 is 0 Å². The molecule has 2 atom stereocenters. The lowest BCUT2D eigenvalue weighted by Crippen LogP contribution is -2.50. The fourth-order valence-corrected chi connectivity index (χ4v) is 4.92. The van der Waals surface area contributed by atoms with E-state index in [9.17, 15) is 18.0 Å². The number of carbonyl (C=O) groups is 2. The van der Waals surface area contributed by atoms with E-state index in [2.05, 4.69) is 0 Å². The highest BCUT2D eigenvalue weighted by atomic mass is 32.2. The lowest BCUT2D eigenvalue weighted by atomic mass is 9.78. The van der Waals surface area contributed by atoms with Crippen LogP contribution in [0.3, 0.4) is 0 Å². The van der Waals surface area contributed by atoms with E-state index < -0.39 is 15.8 Å². The Hall–Kier alpha value is -1.89. The molecule has 2 unspecified atom stereocenters. The lowest BCUT2D eigenvalue weighted by molar-refractivity contribution is -0.140. The molecule has 1 amide bonds. The van der Waals surface area contributed by atoms with Crippen molar-refractivity contribution in [1.82, 2.24) is 4.90 Å². The number of carbonyl (C=O) groups excluding carboxylic acids is 2. The zero-order chi connectivity index (χ0) is 19.6. The van der Waals surface area contributed by atoms with Crippen LogP contribution in [0, 0.1) is 12.8 Å². The van der Waals surface area contributed by atoms with Gasteiger partial charge in [-0.15, -0.1) is 0 Å². The largest absolute Gasteiger partial charge is 0.452 e. The molecule has 3 rings (SSSR count). The number of benzene rings is 1. The summed E-state index contributed by atoms with van der Waals surface area (Å²) in [4.78, 5) is 27.0. The SMILES string of the molecule is Cc1ccc(S(C)(=O)=O)cc1C(=O)OCC(=O)N1CCCC2CCCCC21. The smallest absolute Gasteiger partial charge is 0.338 e. The maximum Gasteiger partial charge on any atom is 0.338 e. The molecule has 2 fully saturated rings. The average molecular weight is 394 g/mol. The van der Waals surface area contributed by atoms with Crippen LogP contribution < -0.4 is 0 Å². The summed E-state index contributed by atoms with van der Waals surface area (Å²) in [5, 5.41) is 0.